The van der Waals surface area contributed by atoms with Crippen molar-refractivity contribution in [2.45, 2.75) is 26.0 Å². The number of benzene rings is 2. The van der Waals surface area contributed by atoms with Gasteiger partial charge in [0.15, 0.2) is 0 Å². The molecule has 0 radical (unpaired) electrons. The van der Waals surface area contributed by atoms with Crippen molar-refractivity contribution in [3.05, 3.63) is 64.2 Å². The minimum Gasteiger partial charge on any atom is -0.488 e. The van der Waals surface area contributed by atoms with Crippen molar-refractivity contribution in [3.63, 3.8) is 0 Å². The maximum atomic E-state index is 6.14. The van der Waals surface area contributed by atoms with E-state index in [2.05, 4.69) is 30.4 Å². The fraction of sp³-hybridized carbons (Fsp3) is 0.294. The van der Waals surface area contributed by atoms with E-state index in [0.717, 1.165) is 35.8 Å². The second kappa shape index (κ2) is 5.86. The Hall–Kier alpha value is -1.51. The van der Waals surface area contributed by atoms with Crippen molar-refractivity contribution < 1.29 is 4.74 Å². The van der Waals surface area contributed by atoms with Crippen LogP contribution in [0, 0.1) is 6.92 Å². The molecule has 1 heterocycles. The van der Waals surface area contributed by atoms with Crippen LogP contribution in [-0.4, -0.2) is 12.6 Å². The summed E-state index contributed by atoms with van der Waals surface area (Å²) in [6.07, 6.45) is 1.20. The van der Waals surface area contributed by atoms with Crippen LogP contribution >= 0.6 is 11.6 Å². The van der Waals surface area contributed by atoms with Gasteiger partial charge in [-0.05, 0) is 30.2 Å². The monoisotopic (exact) mass is 287 g/mol. The summed E-state index contributed by atoms with van der Waals surface area (Å²) in [5.74, 6) is 1.03. The second-order valence-corrected chi connectivity index (χ2v) is 5.68. The molecule has 0 aliphatic carbocycles. The largest absolute Gasteiger partial charge is 0.488 e. The average Bonchev–Trinajstić information content (AvgIpc) is 2.83. The van der Waals surface area contributed by atoms with Crippen molar-refractivity contribution in [2.75, 3.05) is 6.54 Å². The lowest BCUT2D eigenvalue weighted by Gasteiger charge is -2.12. The molecular formula is C17H18ClNO. The summed E-state index contributed by atoms with van der Waals surface area (Å²) in [5.41, 5.74) is 3.73. The van der Waals surface area contributed by atoms with E-state index >= 15 is 0 Å². The van der Waals surface area contributed by atoms with Gasteiger partial charge in [-0.25, -0.2) is 0 Å². The molecule has 104 valence electrons. The number of nitrogens with one attached hydrogen (secondary N) is 1. The van der Waals surface area contributed by atoms with Crippen molar-refractivity contribution in [1.82, 2.24) is 5.32 Å². The molecule has 0 bridgehead atoms. The van der Waals surface area contributed by atoms with Crippen LogP contribution in [-0.2, 0) is 13.0 Å². The Morgan fingerprint density at radius 1 is 1.25 bits per heavy atom. The summed E-state index contributed by atoms with van der Waals surface area (Å²) < 4.78 is 5.93. The zero-order valence-corrected chi connectivity index (χ0v) is 12.3. The van der Waals surface area contributed by atoms with Gasteiger partial charge in [-0.2, -0.15) is 0 Å². The zero-order valence-electron chi connectivity index (χ0n) is 11.5. The molecule has 1 atom stereocenters. The number of aryl methyl sites for hydroxylation is 1. The number of halogens is 1. The first-order valence-corrected chi connectivity index (χ1v) is 7.30. The lowest BCUT2D eigenvalue weighted by molar-refractivity contribution is 0.227. The van der Waals surface area contributed by atoms with Crippen molar-refractivity contribution in [3.8, 4) is 5.75 Å². The molecule has 1 N–H and O–H groups in total. The fourth-order valence-corrected chi connectivity index (χ4v) is 2.78. The van der Waals surface area contributed by atoms with Crippen LogP contribution in [0.1, 0.15) is 16.7 Å². The summed E-state index contributed by atoms with van der Waals surface area (Å²) in [4.78, 5) is 0. The molecule has 2 aromatic carbocycles. The van der Waals surface area contributed by atoms with Gasteiger partial charge in [0.25, 0.3) is 0 Å². The Morgan fingerprint density at radius 3 is 2.95 bits per heavy atom. The van der Waals surface area contributed by atoms with Gasteiger partial charge in [-0.1, -0.05) is 47.5 Å². The molecule has 0 amide bonds. The van der Waals surface area contributed by atoms with Crippen molar-refractivity contribution in [1.29, 1.82) is 0 Å². The Balaban J connectivity index is 1.53. The zero-order chi connectivity index (χ0) is 13.9. The number of fused-ring (bicyclic) bond motifs is 1. The summed E-state index contributed by atoms with van der Waals surface area (Å²) in [5, 5.41) is 4.24. The van der Waals surface area contributed by atoms with E-state index in [-0.39, 0.29) is 6.10 Å². The first-order chi connectivity index (χ1) is 9.72. The Bertz CT molecular complexity index is 612. The van der Waals surface area contributed by atoms with Gasteiger partial charge in [0.2, 0.25) is 0 Å². The van der Waals surface area contributed by atoms with Gasteiger partial charge in [0.1, 0.15) is 11.9 Å². The molecule has 0 fully saturated rings. The highest BCUT2D eigenvalue weighted by Gasteiger charge is 2.22. The van der Waals surface area contributed by atoms with E-state index in [1.807, 2.05) is 24.3 Å². The Morgan fingerprint density at radius 2 is 2.10 bits per heavy atom. The van der Waals surface area contributed by atoms with E-state index < -0.39 is 0 Å². The SMILES string of the molecule is Cc1ccc2c(c1)CC(CNCc1ccccc1Cl)O2. The van der Waals surface area contributed by atoms with Crippen LogP contribution in [0.25, 0.3) is 0 Å². The van der Waals surface area contributed by atoms with Gasteiger partial charge in [0.05, 0.1) is 0 Å². The van der Waals surface area contributed by atoms with Crippen LogP contribution in [0.4, 0.5) is 0 Å². The first-order valence-electron chi connectivity index (χ1n) is 6.92. The molecule has 3 heteroatoms. The van der Waals surface area contributed by atoms with Crippen molar-refractivity contribution >= 4 is 11.6 Å². The molecule has 1 aliphatic rings. The molecule has 0 saturated heterocycles. The normalized spacial score (nSPS) is 16.8. The highest BCUT2D eigenvalue weighted by Crippen LogP contribution is 2.29. The maximum absolute atomic E-state index is 6.14. The molecule has 2 aromatic rings. The van der Waals surface area contributed by atoms with E-state index in [1.54, 1.807) is 0 Å². The standard InChI is InChI=1S/C17H18ClNO/c1-12-6-7-17-14(8-12)9-15(20-17)11-19-10-13-4-2-3-5-16(13)18/h2-8,15,19H,9-11H2,1H3. The van der Waals surface area contributed by atoms with Crippen LogP contribution in [0.2, 0.25) is 5.02 Å². The molecule has 1 unspecified atom stereocenters. The number of hydrogen-bond acceptors (Lipinski definition) is 2. The first kappa shape index (κ1) is 13.5. The summed E-state index contributed by atoms with van der Waals surface area (Å²) in [6, 6.07) is 14.3. The molecule has 1 aliphatic heterocycles. The molecule has 20 heavy (non-hydrogen) atoms. The van der Waals surface area contributed by atoms with Crippen molar-refractivity contribution in [2.24, 2.45) is 0 Å². The highest BCUT2D eigenvalue weighted by atomic mass is 35.5. The van der Waals surface area contributed by atoms with E-state index in [9.17, 15) is 0 Å². The summed E-state index contributed by atoms with van der Waals surface area (Å²) in [7, 11) is 0. The number of rotatable bonds is 4. The molecule has 0 spiro atoms. The average molecular weight is 288 g/mol. The third-order valence-electron chi connectivity index (χ3n) is 3.60. The van der Waals surface area contributed by atoms with E-state index in [4.69, 9.17) is 16.3 Å². The van der Waals surface area contributed by atoms with Gasteiger partial charge in [-0.15, -0.1) is 0 Å². The third kappa shape index (κ3) is 2.97. The van der Waals surface area contributed by atoms with Crippen LogP contribution in [0.15, 0.2) is 42.5 Å². The van der Waals surface area contributed by atoms with Gasteiger partial charge < -0.3 is 10.1 Å². The minimum atomic E-state index is 0.217. The molecular weight excluding hydrogens is 270 g/mol. The predicted octanol–water partition coefficient (Wildman–Crippen LogP) is 3.74. The Labute approximate surface area is 124 Å². The van der Waals surface area contributed by atoms with Crippen LogP contribution in [0.3, 0.4) is 0 Å². The maximum Gasteiger partial charge on any atom is 0.123 e. The number of ether oxygens (including phenoxy) is 1. The van der Waals surface area contributed by atoms with Gasteiger partial charge in [0, 0.05) is 24.5 Å². The lowest BCUT2D eigenvalue weighted by atomic mass is 10.1. The fourth-order valence-electron chi connectivity index (χ4n) is 2.57. The molecule has 0 aromatic heterocycles. The predicted molar refractivity (Wildman–Crippen MR) is 82.5 cm³/mol. The van der Waals surface area contributed by atoms with Gasteiger partial charge >= 0.3 is 0 Å². The smallest absolute Gasteiger partial charge is 0.123 e. The number of hydrogen-bond donors (Lipinski definition) is 1. The van der Waals surface area contributed by atoms with Crippen LogP contribution < -0.4 is 10.1 Å². The summed E-state index contributed by atoms with van der Waals surface area (Å²) in [6.45, 7) is 3.72. The summed E-state index contributed by atoms with van der Waals surface area (Å²) >= 11 is 6.14. The topological polar surface area (TPSA) is 21.3 Å². The van der Waals surface area contributed by atoms with Crippen LogP contribution in [0.5, 0.6) is 5.75 Å². The molecule has 2 nitrogen and oxygen atoms in total. The molecule has 3 rings (SSSR count). The highest BCUT2D eigenvalue weighted by molar-refractivity contribution is 6.31. The second-order valence-electron chi connectivity index (χ2n) is 5.28. The molecule has 0 saturated carbocycles. The lowest BCUT2D eigenvalue weighted by Crippen LogP contribution is -2.29. The van der Waals surface area contributed by atoms with E-state index in [0.29, 0.717) is 0 Å². The third-order valence-corrected chi connectivity index (χ3v) is 3.97. The minimum absolute atomic E-state index is 0.217. The van der Waals surface area contributed by atoms with Gasteiger partial charge in [-0.3, -0.25) is 0 Å². The van der Waals surface area contributed by atoms with E-state index in [1.165, 1.54) is 11.1 Å². The quantitative estimate of drug-likeness (QED) is 0.925. The Kier molecular flexibility index (Phi) is 3.95.